The van der Waals surface area contributed by atoms with E-state index in [-0.39, 0.29) is 5.97 Å². The molecule has 0 saturated carbocycles. The van der Waals surface area contributed by atoms with Crippen LogP contribution in [0.1, 0.15) is 5.56 Å². The van der Waals surface area contributed by atoms with E-state index >= 15 is 0 Å². The molecule has 0 spiro atoms. The molecule has 0 aliphatic heterocycles. The Morgan fingerprint density at radius 1 is 1.11 bits per heavy atom. The van der Waals surface area contributed by atoms with Crippen molar-refractivity contribution in [2.24, 2.45) is 0 Å². The molecule has 0 fully saturated rings. The number of aromatic amines is 1. The number of hydrogen-bond acceptors (Lipinski definition) is 2. The molecule has 90 valence electrons. The molecule has 3 heteroatoms. The largest absolute Gasteiger partial charge is 0.469 e. The van der Waals surface area contributed by atoms with Gasteiger partial charge in [-0.2, -0.15) is 0 Å². The number of rotatable bonds is 2. The first-order valence-corrected chi connectivity index (χ1v) is 5.84. The third-order valence-corrected chi connectivity index (χ3v) is 3.15. The number of para-hydroxylation sites is 1. The third-order valence-electron chi connectivity index (χ3n) is 3.15. The van der Waals surface area contributed by atoms with Crippen LogP contribution in [0.15, 0.2) is 42.5 Å². The maximum Gasteiger partial charge on any atom is 0.309 e. The molecule has 3 nitrogen and oxygen atoms in total. The van der Waals surface area contributed by atoms with Crippen LogP contribution in [-0.2, 0) is 16.0 Å². The lowest BCUT2D eigenvalue weighted by Crippen LogP contribution is -2.04. The summed E-state index contributed by atoms with van der Waals surface area (Å²) in [6.45, 7) is 0. The Morgan fingerprint density at radius 3 is 2.72 bits per heavy atom. The summed E-state index contributed by atoms with van der Waals surface area (Å²) >= 11 is 0. The van der Waals surface area contributed by atoms with Gasteiger partial charge in [0.25, 0.3) is 0 Å². The van der Waals surface area contributed by atoms with Crippen LogP contribution in [0.5, 0.6) is 0 Å². The first kappa shape index (κ1) is 10.8. The van der Waals surface area contributed by atoms with Gasteiger partial charge in [0.1, 0.15) is 0 Å². The molecule has 0 bridgehead atoms. The zero-order valence-electron chi connectivity index (χ0n) is 10.1. The number of benzene rings is 2. The monoisotopic (exact) mass is 239 g/mol. The van der Waals surface area contributed by atoms with Gasteiger partial charge in [-0.3, -0.25) is 4.79 Å². The van der Waals surface area contributed by atoms with Gasteiger partial charge in [-0.25, -0.2) is 0 Å². The van der Waals surface area contributed by atoms with E-state index in [9.17, 15) is 4.79 Å². The van der Waals surface area contributed by atoms with Crippen LogP contribution in [0.3, 0.4) is 0 Å². The molecule has 0 atom stereocenters. The Kier molecular flexibility index (Phi) is 2.52. The number of H-pyrrole nitrogens is 1. The Labute approximate surface area is 104 Å². The lowest BCUT2D eigenvalue weighted by Gasteiger charge is -2.00. The van der Waals surface area contributed by atoms with Gasteiger partial charge in [0, 0.05) is 21.8 Å². The fourth-order valence-corrected chi connectivity index (χ4v) is 2.25. The minimum Gasteiger partial charge on any atom is -0.469 e. The van der Waals surface area contributed by atoms with E-state index in [1.165, 1.54) is 17.9 Å². The first-order chi connectivity index (χ1) is 8.78. The number of esters is 1. The molecule has 1 N–H and O–H groups in total. The van der Waals surface area contributed by atoms with Crippen LogP contribution < -0.4 is 0 Å². The maximum atomic E-state index is 11.3. The van der Waals surface area contributed by atoms with Gasteiger partial charge in [0.2, 0.25) is 0 Å². The highest BCUT2D eigenvalue weighted by atomic mass is 16.5. The Bertz CT molecular complexity index is 728. The zero-order chi connectivity index (χ0) is 12.5. The molecule has 2 aromatic carbocycles. The number of nitrogens with one attached hydrogen (secondary N) is 1. The van der Waals surface area contributed by atoms with Crippen molar-refractivity contribution in [2.45, 2.75) is 6.42 Å². The Morgan fingerprint density at radius 2 is 1.89 bits per heavy atom. The molecule has 3 rings (SSSR count). The van der Waals surface area contributed by atoms with Gasteiger partial charge in [-0.05, 0) is 17.7 Å². The molecule has 1 heterocycles. The summed E-state index contributed by atoms with van der Waals surface area (Å²) in [5.74, 6) is -0.217. The topological polar surface area (TPSA) is 42.1 Å². The molecule has 0 radical (unpaired) electrons. The number of methoxy groups -OCH3 is 1. The normalized spacial score (nSPS) is 10.9. The van der Waals surface area contributed by atoms with Gasteiger partial charge < -0.3 is 9.72 Å². The van der Waals surface area contributed by atoms with E-state index in [0.717, 1.165) is 16.6 Å². The van der Waals surface area contributed by atoms with Crippen molar-refractivity contribution in [2.75, 3.05) is 7.11 Å². The fraction of sp³-hybridized carbons (Fsp3) is 0.133. The average molecular weight is 239 g/mol. The van der Waals surface area contributed by atoms with Gasteiger partial charge in [0.05, 0.1) is 13.5 Å². The summed E-state index contributed by atoms with van der Waals surface area (Å²) in [5, 5.41) is 2.39. The van der Waals surface area contributed by atoms with Crippen molar-refractivity contribution in [1.29, 1.82) is 0 Å². The van der Waals surface area contributed by atoms with E-state index in [4.69, 9.17) is 0 Å². The smallest absolute Gasteiger partial charge is 0.309 e. The van der Waals surface area contributed by atoms with Crippen molar-refractivity contribution in [1.82, 2.24) is 4.98 Å². The standard InChI is InChI=1S/C15H13NO2/c1-18-15(17)9-10-6-7-12-11-4-2-3-5-13(11)16-14(12)8-10/h2-8,16H,9H2,1H3. The second-order valence-electron chi connectivity index (χ2n) is 4.30. The zero-order valence-corrected chi connectivity index (χ0v) is 10.1. The van der Waals surface area contributed by atoms with E-state index in [1.807, 2.05) is 30.3 Å². The average Bonchev–Trinajstić information content (AvgIpc) is 2.76. The predicted octanol–water partition coefficient (Wildman–Crippen LogP) is 3.04. The molecule has 0 saturated heterocycles. The van der Waals surface area contributed by atoms with Crippen LogP contribution in [0.4, 0.5) is 0 Å². The molecule has 0 unspecified atom stereocenters. The summed E-state index contributed by atoms with van der Waals surface area (Å²) in [7, 11) is 1.41. The Balaban J connectivity index is 2.12. The number of carbonyl (C=O) groups excluding carboxylic acids is 1. The van der Waals surface area contributed by atoms with Crippen LogP contribution in [0, 0.1) is 0 Å². The van der Waals surface area contributed by atoms with Gasteiger partial charge >= 0.3 is 5.97 Å². The minimum atomic E-state index is -0.217. The molecule has 0 aliphatic rings. The number of hydrogen-bond donors (Lipinski definition) is 1. The minimum absolute atomic E-state index is 0.217. The number of ether oxygens (including phenoxy) is 1. The van der Waals surface area contributed by atoms with Crippen molar-refractivity contribution in [3.63, 3.8) is 0 Å². The van der Waals surface area contributed by atoms with Crippen LogP contribution >= 0.6 is 0 Å². The highest BCUT2D eigenvalue weighted by molar-refractivity contribution is 6.07. The van der Waals surface area contributed by atoms with E-state index in [1.54, 1.807) is 0 Å². The summed E-state index contributed by atoms with van der Waals surface area (Å²) < 4.78 is 4.68. The van der Waals surface area contributed by atoms with Crippen LogP contribution in [0.2, 0.25) is 0 Å². The maximum absolute atomic E-state index is 11.3. The van der Waals surface area contributed by atoms with Gasteiger partial charge in [-0.1, -0.05) is 30.3 Å². The quantitative estimate of drug-likeness (QED) is 0.698. The van der Waals surface area contributed by atoms with Gasteiger partial charge in [0.15, 0.2) is 0 Å². The predicted molar refractivity (Wildman–Crippen MR) is 71.5 cm³/mol. The summed E-state index contributed by atoms with van der Waals surface area (Å²) in [4.78, 5) is 14.6. The highest BCUT2D eigenvalue weighted by Gasteiger charge is 2.07. The van der Waals surface area contributed by atoms with Crippen LogP contribution in [0.25, 0.3) is 21.8 Å². The number of carbonyl (C=O) groups is 1. The molecule has 3 aromatic rings. The van der Waals surface area contributed by atoms with E-state index in [0.29, 0.717) is 6.42 Å². The molecule has 18 heavy (non-hydrogen) atoms. The molecule has 0 aliphatic carbocycles. The first-order valence-electron chi connectivity index (χ1n) is 5.84. The second-order valence-corrected chi connectivity index (χ2v) is 4.30. The summed E-state index contributed by atoms with van der Waals surface area (Å²) in [6, 6.07) is 14.2. The number of fused-ring (bicyclic) bond motifs is 3. The number of aromatic nitrogens is 1. The fourth-order valence-electron chi connectivity index (χ4n) is 2.25. The van der Waals surface area contributed by atoms with Crippen molar-refractivity contribution in [3.8, 4) is 0 Å². The van der Waals surface area contributed by atoms with Gasteiger partial charge in [-0.15, -0.1) is 0 Å². The van der Waals surface area contributed by atoms with Crippen molar-refractivity contribution >= 4 is 27.8 Å². The SMILES string of the molecule is COC(=O)Cc1ccc2c(c1)[nH]c1ccccc12. The van der Waals surface area contributed by atoms with E-state index < -0.39 is 0 Å². The third kappa shape index (κ3) is 1.74. The van der Waals surface area contributed by atoms with Crippen molar-refractivity contribution < 1.29 is 9.53 Å². The lowest BCUT2D eigenvalue weighted by molar-refractivity contribution is -0.139. The molecule has 0 amide bonds. The van der Waals surface area contributed by atoms with Crippen LogP contribution in [-0.4, -0.2) is 18.1 Å². The molecular formula is C15H13NO2. The van der Waals surface area contributed by atoms with Crippen molar-refractivity contribution in [3.05, 3.63) is 48.0 Å². The summed E-state index contributed by atoms with van der Waals surface area (Å²) in [5.41, 5.74) is 3.13. The molecular weight excluding hydrogens is 226 g/mol. The second kappa shape index (κ2) is 4.18. The van der Waals surface area contributed by atoms with E-state index in [2.05, 4.69) is 21.9 Å². The highest BCUT2D eigenvalue weighted by Crippen LogP contribution is 2.25. The Hall–Kier alpha value is -2.29. The summed E-state index contributed by atoms with van der Waals surface area (Å²) in [6.07, 6.45) is 0.307. The lowest BCUT2D eigenvalue weighted by atomic mass is 10.1. The molecule has 1 aromatic heterocycles.